The maximum Gasteiger partial charge on any atom is 0.255 e. The van der Waals surface area contributed by atoms with Crippen LogP contribution >= 0.6 is 11.6 Å². The van der Waals surface area contributed by atoms with Crippen LogP contribution < -0.4 is 0 Å². The van der Waals surface area contributed by atoms with Gasteiger partial charge in [0.25, 0.3) is 5.91 Å². The predicted molar refractivity (Wildman–Crippen MR) is 65.3 cm³/mol. The van der Waals surface area contributed by atoms with E-state index in [4.69, 9.17) is 16.3 Å². The van der Waals surface area contributed by atoms with Gasteiger partial charge in [-0.15, -0.1) is 0 Å². The van der Waals surface area contributed by atoms with E-state index in [2.05, 4.69) is 4.98 Å². The Hall–Kier alpha value is -1.13. The molecule has 1 unspecified atom stereocenters. The lowest BCUT2D eigenvalue weighted by molar-refractivity contribution is -0.0124. The minimum atomic E-state index is 0.00168. The van der Waals surface area contributed by atoms with E-state index in [9.17, 15) is 4.79 Å². The first-order valence-corrected chi connectivity index (χ1v) is 6.00. The molecule has 2 rings (SSSR count). The summed E-state index contributed by atoms with van der Waals surface area (Å²) in [5.74, 6) is 0.00168. The molecule has 0 N–H and O–H groups in total. The smallest absolute Gasteiger partial charge is 0.255 e. The van der Waals surface area contributed by atoms with Gasteiger partial charge in [0.2, 0.25) is 0 Å². The molecule has 1 saturated heterocycles. The maximum absolute atomic E-state index is 12.3. The third-order valence-corrected chi connectivity index (χ3v) is 3.02. The standard InChI is InChI=1S/C12H15ClN2O2/c1-8-7-15(5-6-17-8)12(16)10-3-4-11(13)14-9(10)2/h3-4,8H,5-7H2,1-2H3. The highest BCUT2D eigenvalue weighted by Gasteiger charge is 2.23. The number of carbonyl (C=O) groups is 1. The molecule has 1 fully saturated rings. The Morgan fingerprint density at radius 3 is 3.00 bits per heavy atom. The molecule has 0 aliphatic carbocycles. The van der Waals surface area contributed by atoms with E-state index < -0.39 is 0 Å². The molecule has 1 aliphatic rings. The Morgan fingerprint density at radius 2 is 2.35 bits per heavy atom. The van der Waals surface area contributed by atoms with Gasteiger partial charge in [-0.25, -0.2) is 4.98 Å². The van der Waals surface area contributed by atoms with Crippen LogP contribution in [0.5, 0.6) is 0 Å². The van der Waals surface area contributed by atoms with Crippen LogP contribution in [0.15, 0.2) is 12.1 Å². The molecular weight excluding hydrogens is 240 g/mol. The topological polar surface area (TPSA) is 42.4 Å². The molecule has 2 heterocycles. The number of rotatable bonds is 1. The van der Waals surface area contributed by atoms with Crippen molar-refractivity contribution in [2.24, 2.45) is 0 Å². The molecule has 0 bridgehead atoms. The summed E-state index contributed by atoms with van der Waals surface area (Å²) in [7, 11) is 0. The molecule has 1 aliphatic heterocycles. The van der Waals surface area contributed by atoms with Crippen molar-refractivity contribution >= 4 is 17.5 Å². The van der Waals surface area contributed by atoms with E-state index in [-0.39, 0.29) is 12.0 Å². The Balaban J connectivity index is 2.18. The van der Waals surface area contributed by atoms with Gasteiger partial charge in [0.05, 0.1) is 24.0 Å². The SMILES string of the molecule is Cc1nc(Cl)ccc1C(=O)N1CCOC(C)C1. The summed E-state index contributed by atoms with van der Waals surface area (Å²) in [4.78, 5) is 18.2. The average molecular weight is 255 g/mol. The highest BCUT2D eigenvalue weighted by atomic mass is 35.5. The number of halogens is 1. The zero-order valence-electron chi connectivity index (χ0n) is 9.94. The summed E-state index contributed by atoms with van der Waals surface area (Å²) >= 11 is 5.77. The molecule has 1 amide bonds. The predicted octanol–water partition coefficient (Wildman–Crippen LogP) is 1.90. The summed E-state index contributed by atoms with van der Waals surface area (Å²) in [6, 6.07) is 3.37. The number of morpholine rings is 1. The van der Waals surface area contributed by atoms with Crippen LogP contribution in [-0.4, -0.2) is 41.6 Å². The van der Waals surface area contributed by atoms with Crippen molar-refractivity contribution in [3.05, 3.63) is 28.5 Å². The van der Waals surface area contributed by atoms with Crippen molar-refractivity contribution < 1.29 is 9.53 Å². The van der Waals surface area contributed by atoms with Gasteiger partial charge in [0.1, 0.15) is 5.15 Å². The van der Waals surface area contributed by atoms with Gasteiger partial charge in [-0.2, -0.15) is 0 Å². The van der Waals surface area contributed by atoms with Crippen molar-refractivity contribution in [3.63, 3.8) is 0 Å². The molecule has 0 radical (unpaired) electrons. The van der Waals surface area contributed by atoms with E-state index in [1.807, 2.05) is 6.92 Å². The normalized spacial score (nSPS) is 20.4. The van der Waals surface area contributed by atoms with E-state index in [1.54, 1.807) is 24.0 Å². The molecule has 17 heavy (non-hydrogen) atoms. The van der Waals surface area contributed by atoms with E-state index in [0.29, 0.717) is 36.1 Å². The molecule has 1 aromatic heterocycles. The highest BCUT2D eigenvalue weighted by Crippen LogP contribution is 2.15. The lowest BCUT2D eigenvalue weighted by atomic mass is 10.1. The number of aryl methyl sites for hydroxylation is 1. The van der Waals surface area contributed by atoms with Crippen molar-refractivity contribution in [2.45, 2.75) is 20.0 Å². The summed E-state index contributed by atoms with van der Waals surface area (Å²) in [5, 5.41) is 0.411. The summed E-state index contributed by atoms with van der Waals surface area (Å²) in [6.07, 6.45) is 0.0910. The molecule has 5 heteroatoms. The van der Waals surface area contributed by atoms with E-state index >= 15 is 0 Å². The fourth-order valence-electron chi connectivity index (χ4n) is 1.93. The number of ether oxygens (including phenoxy) is 1. The van der Waals surface area contributed by atoms with Gasteiger partial charge in [-0.3, -0.25) is 4.79 Å². The molecule has 0 spiro atoms. The Labute approximate surface area is 106 Å². The first-order chi connectivity index (χ1) is 8.08. The molecule has 92 valence electrons. The third kappa shape index (κ3) is 2.76. The van der Waals surface area contributed by atoms with Gasteiger partial charge in [0, 0.05) is 13.1 Å². The second-order valence-corrected chi connectivity index (χ2v) is 4.59. The maximum atomic E-state index is 12.3. The molecule has 4 nitrogen and oxygen atoms in total. The molecule has 1 aromatic rings. The Morgan fingerprint density at radius 1 is 1.59 bits per heavy atom. The van der Waals surface area contributed by atoms with Crippen molar-refractivity contribution in [1.29, 1.82) is 0 Å². The highest BCUT2D eigenvalue weighted by molar-refractivity contribution is 6.29. The van der Waals surface area contributed by atoms with Crippen LogP contribution in [0, 0.1) is 6.92 Å². The summed E-state index contributed by atoms with van der Waals surface area (Å²) < 4.78 is 5.41. The zero-order valence-corrected chi connectivity index (χ0v) is 10.7. The minimum Gasteiger partial charge on any atom is -0.375 e. The van der Waals surface area contributed by atoms with E-state index in [1.165, 1.54) is 0 Å². The van der Waals surface area contributed by atoms with Gasteiger partial charge >= 0.3 is 0 Å². The van der Waals surface area contributed by atoms with Crippen LogP contribution in [-0.2, 0) is 4.74 Å². The molecular formula is C12H15ClN2O2. The number of nitrogens with zero attached hydrogens (tertiary/aromatic N) is 2. The van der Waals surface area contributed by atoms with Crippen LogP contribution in [0.2, 0.25) is 5.15 Å². The zero-order chi connectivity index (χ0) is 12.4. The summed E-state index contributed by atoms with van der Waals surface area (Å²) in [6.45, 7) is 5.61. The lowest BCUT2D eigenvalue weighted by Crippen LogP contribution is -2.44. The van der Waals surface area contributed by atoms with Gasteiger partial charge in [-0.1, -0.05) is 11.6 Å². The number of pyridine rings is 1. The van der Waals surface area contributed by atoms with Gasteiger partial charge in [0.15, 0.2) is 0 Å². The largest absolute Gasteiger partial charge is 0.375 e. The fraction of sp³-hybridized carbons (Fsp3) is 0.500. The number of hydrogen-bond acceptors (Lipinski definition) is 3. The fourth-order valence-corrected chi connectivity index (χ4v) is 2.12. The summed E-state index contributed by atoms with van der Waals surface area (Å²) in [5.41, 5.74) is 1.28. The second kappa shape index (κ2) is 5.02. The lowest BCUT2D eigenvalue weighted by Gasteiger charge is -2.31. The van der Waals surface area contributed by atoms with Crippen molar-refractivity contribution in [3.8, 4) is 0 Å². The number of carbonyl (C=O) groups excluding carboxylic acids is 1. The first kappa shape index (κ1) is 12.3. The molecule has 0 saturated carbocycles. The minimum absolute atomic E-state index is 0.00168. The van der Waals surface area contributed by atoms with Gasteiger partial charge < -0.3 is 9.64 Å². The van der Waals surface area contributed by atoms with Crippen LogP contribution in [0.25, 0.3) is 0 Å². The number of aromatic nitrogens is 1. The molecule has 0 aromatic carbocycles. The third-order valence-electron chi connectivity index (χ3n) is 2.81. The Kier molecular flexibility index (Phi) is 3.64. The van der Waals surface area contributed by atoms with Crippen molar-refractivity contribution in [2.75, 3.05) is 19.7 Å². The van der Waals surface area contributed by atoms with Gasteiger partial charge in [-0.05, 0) is 26.0 Å². The molecule has 1 atom stereocenters. The van der Waals surface area contributed by atoms with Crippen LogP contribution in [0.4, 0.5) is 0 Å². The monoisotopic (exact) mass is 254 g/mol. The number of hydrogen-bond donors (Lipinski definition) is 0. The van der Waals surface area contributed by atoms with Crippen molar-refractivity contribution in [1.82, 2.24) is 9.88 Å². The van der Waals surface area contributed by atoms with Crippen LogP contribution in [0.3, 0.4) is 0 Å². The first-order valence-electron chi connectivity index (χ1n) is 5.62. The second-order valence-electron chi connectivity index (χ2n) is 4.20. The average Bonchev–Trinajstić information content (AvgIpc) is 2.28. The van der Waals surface area contributed by atoms with E-state index in [0.717, 1.165) is 0 Å². The number of amides is 1. The Bertz CT molecular complexity index is 437. The van der Waals surface area contributed by atoms with Crippen LogP contribution in [0.1, 0.15) is 23.0 Å². The quantitative estimate of drug-likeness (QED) is 0.719.